The molecule has 0 aliphatic heterocycles. The van der Waals surface area contributed by atoms with Crippen molar-refractivity contribution in [2.24, 2.45) is 0 Å². The molecule has 2 nitrogen and oxygen atoms in total. The van der Waals surface area contributed by atoms with Gasteiger partial charge in [0.2, 0.25) is 0 Å². The molecule has 0 spiro atoms. The summed E-state index contributed by atoms with van der Waals surface area (Å²) in [5.74, 6) is 0.729. The number of rotatable bonds is 2. The van der Waals surface area contributed by atoms with Gasteiger partial charge in [0.25, 0.3) is 0 Å². The van der Waals surface area contributed by atoms with Crippen molar-refractivity contribution >= 4 is 5.69 Å². The Morgan fingerprint density at radius 3 is 2.69 bits per heavy atom. The minimum atomic E-state index is 0.729. The maximum Gasteiger partial charge on any atom is 0.0458 e. The second-order valence-corrected chi connectivity index (χ2v) is 3.80. The summed E-state index contributed by atoms with van der Waals surface area (Å²) in [5, 5.41) is 3.17. The molecule has 0 amide bonds. The number of anilines is 1. The second-order valence-electron chi connectivity index (χ2n) is 3.80. The van der Waals surface area contributed by atoms with E-state index in [2.05, 4.69) is 29.4 Å². The number of hydrogen-bond acceptors (Lipinski definition) is 2. The largest absolute Gasteiger partial charge is 0.388 e. The number of nitrogens with zero attached hydrogens (tertiary/aromatic N) is 1. The summed E-state index contributed by atoms with van der Waals surface area (Å²) in [5.41, 5.74) is 3.58. The quantitative estimate of drug-likeness (QED) is 0.749. The highest BCUT2D eigenvalue weighted by Crippen LogP contribution is 2.36. The van der Waals surface area contributed by atoms with Crippen LogP contribution in [-0.2, 0) is 0 Å². The van der Waals surface area contributed by atoms with E-state index in [0.717, 1.165) is 11.6 Å². The third-order valence-electron chi connectivity index (χ3n) is 2.79. The van der Waals surface area contributed by atoms with E-state index in [0.29, 0.717) is 0 Å². The average Bonchev–Trinajstić information content (AvgIpc) is 2.00. The van der Waals surface area contributed by atoms with Crippen LogP contribution >= 0.6 is 0 Å². The molecular formula is C11H16N2. The number of nitrogens with one attached hydrogen (secondary N) is 1. The summed E-state index contributed by atoms with van der Waals surface area (Å²) in [4.78, 5) is 4.56. The molecule has 0 saturated heterocycles. The van der Waals surface area contributed by atoms with Crippen LogP contribution in [0.1, 0.15) is 36.6 Å². The van der Waals surface area contributed by atoms with Gasteiger partial charge in [-0.2, -0.15) is 0 Å². The molecule has 1 aromatic rings. The van der Waals surface area contributed by atoms with E-state index < -0.39 is 0 Å². The van der Waals surface area contributed by atoms with E-state index >= 15 is 0 Å². The molecule has 1 aliphatic rings. The molecule has 1 fully saturated rings. The van der Waals surface area contributed by atoms with Crippen molar-refractivity contribution in [2.45, 2.75) is 32.1 Å². The summed E-state index contributed by atoms with van der Waals surface area (Å²) in [6.07, 6.45) is 4.01. The summed E-state index contributed by atoms with van der Waals surface area (Å²) in [6.45, 7) is 2.06. The van der Waals surface area contributed by atoms with Crippen molar-refractivity contribution in [3.8, 4) is 0 Å². The van der Waals surface area contributed by atoms with Crippen molar-refractivity contribution in [3.63, 3.8) is 0 Å². The zero-order valence-electron chi connectivity index (χ0n) is 8.30. The van der Waals surface area contributed by atoms with E-state index in [1.54, 1.807) is 0 Å². The molecule has 1 aromatic heterocycles. The highest BCUT2D eigenvalue weighted by Gasteiger charge is 2.21. The maximum atomic E-state index is 4.56. The van der Waals surface area contributed by atoms with Crippen molar-refractivity contribution in [1.29, 1.82) is 0 Å². The van der Waals surface area contributed by atoms with E-state index in [1.165, 1.54) is 30.6 Å². The molecular weight excluding hydrogens is 160 g/mol. The van der Waals surface area contributed by atoms with Crippen LogP contribution in [-0.4, -0.2) is 12.0 Å². The van der Waals surface area contributed by atoms with Crippen molar-refractivity contribution in [3.05, 3.63) is 23.5 Å². The average molecular weight is 176 g/mol. The molecule has 1 aliphatic carbocycles. The van der Waals surface area contributed by atoms with Gasteiger partial charge in [-0.15, -0.1) is 0 Å². The fourth-order valence-corrected chi connectivity index (χ4v) is 1.75. The van der Waals surface area contributed by atoms with Crippen LogP contribution in [0.4, 0.5) is 5.69 Å². The van der Waals surface area contributed by atoms with Gasteiger partial charge >= 0.3 is 0 Å². The fraction of sp³-hybridized carbons (Fsp3) is 0.545. The monoisotopic (exact) mass is 176 g/mol. The fourth-order valence-electron chi connectivity index (χ4n) is 1.75. The Morgan fingerprint density at radius 1 is 1.38 bits per heavy atom. The van der Waals surface area contributed by atoms with Gasteiger partial charge in [0.15, 0.2) is 0 Å². The molecule has 0 unspecified atom stereocenters. The highest BCUT2D eigenvalue weighted by atomic mass is 14.8. The number of aryl methyl sites for hydroxylation is 1. The van der Waals surface area contributed by atoms with Gasteiger partial charge < -0.3 is 5.32 Å². The minimum Gasteiger partial charge on any atom is -0.388 e. The van der Waals surface area contributed by atoms with E-state index in [-0.39, 0.29) is 0 Å². The first kappa shape index (κ1) is 8.54. The maximum absolute atomic E-state index is 4.56. The lowest BCUT2D eigenvalue weighted by molar-refractivity contribution is 0.411. The smallest absolute Gasteiger partial charge is 0.0458 e. The molecule has 1 saturated carbocycles. The van der Waals surface area contributed by atoms with Gasteiger partial charge in [0.1, 0.15) is 0 Å². The summed E-state index contributed by atoms with van der Waals surface area (Å²) >= 11 is 0. The van der Waals surface area contributed by atoms with Crippen molar-refractivity contribution < 1.29 is 0 Å². The van der Waals surface area contributed by atoms with Crippen LogP contribution in [0.15, 0.2) is 12.1 Å². The summed E-state index contributed by atoms with van der Waals surface area (Å²) in [7, 11) is 1.96. The molecule has 0 bridgehead atoms. The molecule has 0 radical (unpaired) electrons. The molecule has 2 heteroatoms. The highest BCUT2D eigenvalue weighted by molar-refractivity contribution is 5.45. The lowest BCUT2D eigenvalue weighted by atomic mass is 9.82. The van der Waals surface area contributed by atoms with Crippen LogP contribution < -0.4 is 5.32 Å². The molecule has 70 valence electrons. The Bertz CT molecular complexity index is 303. The zero-order chi connectivity index (χ0) is 9.26. The first-order valence-corrected chi connectivity index (χ1v) is 4.96. The van der Waals surface area contributed by atoms with Gasteiger partial charge in [-0.05, 0) is 31.9 Å². The third kappa shape index (κ3) is 1.67. The van der Waals surface area contributed by atoms with Gasteiger partial charge in [0.05, 0.1) is 0 Å². The predicted molar refractivity (Wildman–Crippen MR) is 55.1 cm³/mol. The number of hydrogen-bond donors (Lipinski definition) is 1. The van der Waals surface area contributed by atoms with Crippen LogP contribution in [0.2, 0.25) is 0 Å². The van der Waals surface area contributed by atoms with Crippen LogP contribution in [0.5, 0.6) is 0 Å². The Balaban J connectivity index is 2.28. The predicted octanol–water partition coefficient (Wildman–Crippen LogP) is 2.70. The lowest BCUT2D eigenvalue weighted by Crippen LogP contribution is -2.11. The molecule has 2 rings (SSSR count). The van der Waals surface area contributed by atoms with Gasteiger partial charge in [0, 0.05) is 30.0 Å². The standard InChI is InChI=1S/C11H16N2/c1-8-6-10(12-2)7-11(13-8)9-4-3-5-9/h6-7,9H,3-5H2,1-2H3,(H,12,13). The lowest BCUT2D eigenvalue weighted by Gasteiger charge is -2.25. The Hall–Kier alpha value is -1.05. The molecule has 13 heavy (non-hydrogen) atoms. The van der Waals surface area contributed by atoms with Gasteiger partial charge in [-0.3, -0.25) is 4.98 Å². The summed E-state index contributed by atoms with van der Waals surface area (Å²) < 4.78 is 0. The van der Waals surface area contributed by atoms with Crippen molar-refractivity contribution in [1.82, 2.24) is 4.98 Å². The Morgan fingerprint density at radius 2 is 2.15 bits per heavy atom. The second kappa shape index (κ2) is 3.36. The zero-order valence-corrected chi connectivity index (χ0v) is 8.30. The molecule has 0 atom stereocenters. The van der Waals surface area contributed by atoms with Crippen LogP contribution in [0.25, 0.3) is 0 Å². The number of pyridine rings is 1. The Labute approximate surface area is 79.4 Å². The topological polar surface area (TPSA) is 24.9 Å². The van der Waals surface area contributed by atoms with Gasteiger partial charge in [-0.25, -0.2) is 0 Å². The van der Waals surface area contributed by atoms with E-state index in [9.17, 15) is 0 Å². The third-order valence-corrected chi connectivity index (χ3v) is 2.79. The first-order chi connectivity index (χ1) is 6.29. The van der Waals surface area contributed by atoms with Crippen LogP contribution in [0.3, 0.4) is 0 Å². The summed E-state index contributed by atoms with van der Waals surface area (Å²) in [6, 6.07) is 4.26. The Kier molecular flexibility index (Phi) is 2.21. The number of aromatic nitrogens is 1. The van der Waals surface area contributed by atoms with Gasteiger partial charge in [-0.1, -0.05) is 6.42 Å². The molecule has 1 heterocycles. The van der Waals surface area contributed by atoms with E-state index in [1.807, 2.05) is 7.05 Å². The SMILES string of the molecule is CNc1cc(C)nc(C2CCC2)c1. The first-order valence-electron chi connectivity index (χ1n) is 4.96. The molecule has 0 aromatic carbocycles. The van der Waals surface area contributed by atoms with Crippen LogP contribution in [0, 0.1) is 6.92 Å². The van der Waals surface area contributed by atoms with Crippen molar-refractivity contribution in [2.75, 3.05) is 12.4 Å². The minimum absolute atomic E-state index is 0.729. The normalized spacial score (nSPS) is 16.8. The van der Waals surface area contributed by atoms with E-state index in [4.69, 9.17) is 0 Å². The molecule has 1 N–H and O–H groups in total.